The first-order valence-electron chi connectivity index (χ1n) is 7.56. The Bertz CT molecular complexity index is 667. The molecule has 0 saturated heterocycles. The van der Waals surface area contributed by atoms with E-state index in [2.05, 4.69) is 85.8 Å². The van der Waals surface area contributed by atoms with Gasteiger partial charge in [0.1, 0.15) is 0 Å². The van der Waals surface area contributed by atoms with Crippen molar-refractivity contribution in [3.8, 4) is 22.3 Å². The summed E-state index contributed by atoms with van der Waals surface area (Å²) < 4.78 is 0. The minimum Gasteiger partial charge on any atom is -0.0683 e. The molecule has 0 amide bonds. The van der Waals surface area contributed by atoms with Crippen LogP contribution in [-0.2, 0) is 0 Å². The van der Waals surface area contributed by atoms with Crippen molar-refractivity contribution in [3.63, 3.8) is 0 Å². The second-order valence-electron chi connectivity index (χ2n) is 4.78. The first-order valence-corrected chi connectivity index (χ1v) is 7.56. The van der Waals surface area contributed by atoms with Crippen LogP contribution in [-0.4, -0.2) is 0 Å². The van der Waals surface area contributed by atoms with Gasteiger partial charge in [-0.15, -0.1) is 0 Å². The Morgan fingerprint density at radius 2 is 1.00 bits per heavy atom. The van der Waals surface area contributed by atoms with Crippen LogP contribution in [0.5, 0.6) is 0 Å². The van der Waals surface area contributed by atoms with Crippen molar-refractivity contribution in [3.05, 3.63) is 84.4 Å². The number of benzene rings is 3. The molecule has 0 unspecified atom stereocenters. The van der Waals surface area contributed by atoms with Gasteiger partial charge in [0.2, 0.25) is 0 Å². The Morgan fingerprint density at radius 3 is 1.52 bits per heavy atom. The molecule has 0 radical (unpaired) electrons. The zero-order valence-electron chi connectivity index (χ0n) is 13.0. The van der Waals surface area contributed by atoms with E-state index in [1.807, 2.05) is 13.8 Å². The second kappa shape index (κ2) is 7.44. The fourth-order valence-electron chi connectivity index (χ4n) is 2.38. The summed E-state index contributed by atoms with van der Waals surface area (Å²) in [6, 6.07) is 27.8. The van der Waals surface area contributed by atoms with Crippen LogP contribution in [0.2, 0.25) is 0 Å². The van der Waals surface area contributed by atoms with Crippen molar-refractivity contribution in [2.45, 2.75) is 20.8 Å². The molecule has 0 heterocycles. The third-order valence-corrected chi connectivity index (χ3v) is 3.34. The van der Waals surface area contributed by atoms with Gasteiger partial charge in [-0.3, -0.25) is 0 Å². The van der Waals surface area contributed by atoms with E-state index in [1.165, 1.54) is 27.8 Å². The quantitative estimate of drug-likeness (QED) is 0.510. The monoisotopic (exact) mass is 274 g/mol. The molecule has 3 aromatic rings. The Kier molecular flexibility index (Phi) is 5.34. The molecular weight excluding hydrogens is 252 g/mol. The molecule has 0 aliphatic carbocycles. The molecule has 0 aliphatic heterocycles. The van der Waals surface area contributed by atoms with Gasteiger partial charge in [-0.2, -0.15) is 0 Å². The Morgan fingerprint density at radius 1 is 0.524 bits per heavy atom. The van der Waals surface area contributed by atoms with Crippen LogP contribution in [0.15, 0.2) is 78.9 Å². The van der Waals surface area contributed by atoms with Gasteiger partial charge in [-0.05, 0) is 29.2 Å². The van der Waals surface area contributed by atoms with E-state index in [-0.39, 0.29) is 0 Å². The minimum absolute atomic E-state index is 1.27. The molecule has 0 N–H and O–H groups in total. The first-order chi connectivity index (χ1) is 10.3. The molecule has 21 heavy (non-hydrogen) atoms. The molecule has 0 saturated carbocycles. The molecule has 0 nitrogen and oxygen atoms in total. The molecule has 0 spiro atoms. The Hall–Kier alpha value is -2.34. The minimum atomic E-state index is 1.27. The lowest BCUT2D eigenvalue weighted by Gasteiger charge is -2.11. The molecule has 0 bridgehead atoms. The maximum Gasteiger partial charge on any atom is -0.0103 e. The smallest absolute Gasteiger partial charge is 0.0103 e. The van der Waals surface area contributed by atoms with Gasteiger partial charge in [0.25, 0.3) is 0 Å². The molecule has 0 fully saturated rings. The van der Waals surface area contributed by atoms with Crippen LogP contribution in [0.25, 0.3) is 22.3 Å². The van der Waals surface area contributed by atoms with Crippen molar-refractivity contribution >= 4 is 0 Å². The predicted octanol–water partition coefficient (Wildman–Crippen LogP) is 6.36. The van der Waals surface area contributed by atoms with Crippen LogP contribution in [0, 0.1) is 6.92 Å². The van der Waals surface area contributed by atoms with E-state index in [4.69, 9.17) is 0 Å². The standard InChI is InChI=1S/C19H16.C2H6/c1-15-12-13-18(16-8-4-2-5-9-16)19(14-15)17-10-6-3-7-11-17;1-2/h2-14H,1H3;1-2H3. The molecule has 106 valence electrons. The third kappa shape index (κ3) is 3.61. The van der Waals surface area contributed by atoms with Gasteiger partial charge >= 0.3 is 0 Å². The molecule has 0 heteroatoms. The number of aryl methyl sites for hydroxylation is 1. The SMILES string of the molecule is CC.Cc1ccc(-c2ccccc2)c(-c2ccccc2)c1. The topological polar surface area (TPSA) is 0 Å². The summed E-state index contributed by atoms with van der Waals surface area (Å²) in [5, 5.41) is 0. The van der Waals surface area contributed by atoms with E-state index in [0.717, 1.165) is 0 Å². The van der Waals surface area contributed by atoms with Gasteiger partial charge in [-0.1, -0.05) is 98.3 Å². The summed E-state index contributed by atoms with van der Waals surface area (Å²) in [7, 11) is 0. The van der Waals surface area contributed by atoms with Crippen LogP contribution >= 0.6 is 0 Å². The van der Waals surface area contributed by atoms with Crippen LogP contribution in [0.4, 0.5) is 0 Å². The van der Waals surface area contributed by atoms with E-state index in [9.17, 15) is 0 Å². The predicted molar refractivity (Wildman–Crippen MR) is 93.4 cm³/mol. The van der Waals surface area contributed by atoms with E-state index >= 15 is 0 Å². The highest BCUT2D eigenvalue weighted by Gasteiger charge is 2.06. The van der Waals surface area contributed by atoms with Crippen LogP contribution < -0.4 is 0 Å². The lowest BCUT2D eigenvalue weighted by atomic mass is 9.93. The van der Waals surface area contributed by atoms with Crippen molar-refractivity contribution in [2.24, 2.45) is 0 Å². The van der Waals surface area contributed by atoms with E-state index < -0.39 is 0 Å². The van der Waals surface area contributed by atoms with Gasteiger partial charge < -0.3 is 0 Å². The second-order valence-corrected chi connectivity index (χ2v) is 4.78. The maximum absolute atomic E-state index is 2.26. The lowest BCUT2D eigenvalue weighted by Crippen LogP contribution is -1.86. The Balaban J connectivity index is 0.000000774. The van der Waals surface area contributed by atoms with Crippen LogP contribution in [0.3, 0.4) is 0 Å². The third-order valence-electron chi connectivity index (χ3n) is 3.34. The average Bonchev–Trinajstić information content (AvgIpc) is 2.58. The van der Waals surface area contributed by atoms with Crippen molar-refractivity contribution < 1.29 is 0 Å². The largest absolute Gasteiger partial charge is 0.0683 e. The summed E-state index contributed by atoms with van der Waals surface area (Å²) in [6.45, 7) is 6.14. The zero-order valence-corrected chi connectivity index (χ0v) is 13.0. The highest BCUT2D eigenvalue weighted by atomic mass is 14.1. The highest BCUT2D eigenvalue weighted by Crippen LogP contribution is 2.32. The molecule has 3 aromatic carbocycles. The summed E-state index contributed by atoms with van der Waals surface area (Å²) in [4.78, 5) is 0. The molecule has 3 rings (SSSR count). The van der Waals surface area contributed by atoms with Gasteiger partial charge in [0, 0.05) is 0 Å². The van der Waals surface area contributed by atoms with E-state index in [0.29, 0.717) is 0 Å². The van der Waals surface area contributed by atoms with E-state index in [1.54, 1.807) is 0 Å². The summed E-state index contributed by atoms with van der Waals surface area (Å²) in [5.41, 5.74) is 6.41. The van der Waals surface area contributed by atoms with Crippen molar-refractivity contribution in [1.82, 2.24) is 0 Å². The van der Waals surface area contributed by atoms with Crippen LogP contribution in [0.1, 0.15) is 19.4 Å². The van der Waals surface area contributed by atoms with Crippen molar-refractivity contribution in [2.75, 3.05) is 0 Å². The fraction of sp³-hybridized carbons (Fsp3) is 0.143. The first kappa shape index (κ1) is 15.1. The Labute approximate surface area is 128 Å². The molecule has 0 aromatic heterocycles. The number of rotatable bonds is 2. The zero-order chi connectivity index (χ0) is 15.1. The van der Waals surface area contributed by atoms with Gasteiger partial charge in [-0.25, -0.2) is 0 Å². The molecular formula is C21H22. The number of hydrogen-bond acceptors (Lipinski definition) is 0. The van der Waals surface area contributed by atoms with Crippen molar-refractivity contribution in [1.29, 1.82) is 0 Å². The maximum atomic E-state index is 2.26. The summed E-state index contributed by atoms with van der Waals surface area (Å²) in [5.74, 6) is 0. The van der Waals surface area contributed by atoms with Gasteiger partial charge in [0.05, 0.1) is 0 Å². The number of hydrogen-bond donors (Lipinski definition) is 0. The van der Waals surface area contributed by atoms with Gasteiger partial charge in [0.15, 0.2) is 0 Å². The highest BCUT2D eigenvalue weighted by molar-refractivity contribution is 5.83. The average molecular weight is 274 g/mol. The fourth-order valence-corrected chi connectivity index (χ4v) is 2.38. The molecule has 0 atom stereocenters. The summed E-state index contributed by atoms with van der Waals surface area (Å²) >= 11 is 0. The molecule has 0 aliphatic rings. The lowest BCUT2D eigenvalue weighted by molar-refractivity contribution is 1.46. The summed E-state index contributed by atoms with van der Waals surface area (Å²) in [6.07, 6.45) is 0. The normalized spacial score (nSPS) is 9.67.